The molecule has 0 atom stereocenters. The fraction of sp³-hybridized carbons (Fsp3) is 0.429. The lowest BCUT2D eigenvalue weighted by molar-refractivity contribution is 0.566. The first-order chi connectivity index (χ1) is 8.99. The highest BCUT2D eigenvalue weighted by molar-refractivity contribution is 7.89. The largest absolute Gasteiger partial charge is 0.312 e. The zero-order valence-electron chi connectivity index (χ0n) is 11.7. The second-order valence-corrected chi connectivity index (χ2v) is 6.11. The quantitative estimate of drug-likeness (QED) is 0.756. The van der Waals surface area contributed by atoms with E-state index < -0.39 is 10.0 Å². The van der Waals surface area contributed by atoms with Gasteiger partial charge in [0.25, 0.3) is 10.0 Å². The van der Waals surface area contributed by atoms with Crippen LogP contribution in [0.15, 0.2) is 40.9 Å². The number of hydrogen-bond acceptors (Lipinski definition) is 3. The van der Waals surface area contributed by atoms with Crippen LogP contribution in [-0.2, 0) is 10.0 Å². The number of hydrazine groups is 1. The third-order valence-corrected chi connectivity index (χ3v) is 3.91. The highest BCUT2D eigenvalue weighted by Crippen LogP contribution is 2.10. The van der Waals surface area contributed by atoms with Crippen LogP contribution in [0.25, 0.3) is 0 Å². The summed E-state index contributed by atoms with van der Waals surface area (Å²) in [6.45, 7) is 6.00. The summed E-state index contributed by atoms with van der Waals surface area (Å²) in [5.41, 5.74) is 4.73. The number of allylic oxidation sites excluding steroid dienone is 2. The van der Waals surface area contributed by atoms with Gasteiger partial charge in [-0.15, -0.1) is 4.83 Å². The van der Waals surface area contributed by atoms with Gasteiger partial charge in [0.2, 0.25) is 0 Å². The Morgan fingerprint density at radius 3 is 2.37 bits per heavy atom. The monoisotopic (exact) mass is 282 g/mol. The average molecular weight is 282 g/mol. The summed E-state index contributed by atoms with van der Waals surface area (Å²) in [6, 6.07) is 6.76. The molecule has 0 fully saturated rings. The Bertz CT molecular complexity index is 519. The Kier molecular flexibility index (Phi) is 6.05. The van der Waals surface area contributed by atoms with E-state index in [9.17, 15) is 8.42 Å². The van der Waals surface area contributed by atoms with Crippen molar-refractivity contribution in [1.29, 1.82) is 0 Å². The zero-order valence-corrected chi connectivity index (χ0v) is 12.5. The van der Waals surface area contributed by atoms with Crippen molar-refractivity contribution in [2.24, 2.45) is 0 Å². The Morgan fingerprint density at radius 1 is 1.21 bits per heavy atom. The molecule has 106 valence electrons. The smallest absolute Gasteiger partial charge is 0.257 e. The van der Waals surface area contributed by atoms with Gasteiger partial charge in [-0.05, 0) is 31.9 Å². The van der Waals surface area contributed by atoms with Gasteiger partial charge < -0.3 is 5.43 Å². The van der Waals surface area contributed by atoms with E-state index in [2.05, 4.69) is 17.2 Å². The maximum atomic E-state index is 12.1. The molecular weight excluding hydrogens is 260 g/mol. The Balaban J connectivity index is 2.74. The molecule has 4 nitrogen and oxygen atoms in total. The minimum absolute atomic E-state index is 0.262. The van der Waals surface area contributed by atoms with Gasteiger partial charge in [-0.2, -0.15) is 0 Å². The Hall–Kier alpha value is -1.33. The van der Waals surface area contributed by atoms with Crippen molar-refractivity contribution in [2.75, 3.05) is 0 Å². The minimum Gasteiger partial charge on any atom is -0.312 e. The number of rotatable bonds is 7. The molecule has 0 spiro atoms. The second-order valence-electron chi connectivity index (χ2n) is 4.43. The molecule has 19 heavy (non-hydrogen) atoms. The third kappa shape index (κ3) is 5.04. The van der Waals surface area contributed by atoms with Crippen LogP contribution >= 0.6 is 0 Å². The lowest BCUT2D eigenvalue weighted by Gasteiger charge is -2.12. The van der Waals surface area contributed by atoms with Crippen LogP contribution in [0.5, 0.6) is 0 Å². The van der Waals surface area contributed by atoms with Gasteiger partial charge in [0.15, 0.2) is 0 Å². The summed E-state index contributed by atoms with van der Waals surface area (Å²) < 4.78 is 24.1. The van der Waals surface area contributed by atoms with Crippen LogP contribution in [0.1, 0.15) is 38.7 Å². The molecule has 0 radical (unpaired) electrons. The van der Waals surface area contributed by atoms with E-state index in [0.717, 1.165) is 30.5 Å². The Labute approximate surface area is 115 Å². The van der Waals surface area contributed by atoms with Gasteiger partial charge in [0.05, 0.1) is 4.90 Å². The van der Waals surface area contributed by atoms with Crippen molar-refractivity contribution in [2.45, 2.75) is 44.9 Å². The van der Waals surface area contributed by atoms with E-state index >= 15 is 0 Å². The lowest BCUT2D eigenvalue weighted by atomic mass is 10.2. The molecule has 0 aliphatic heterocycles. The number of sulfonamides is 1. The number of benzene rings is 1. The molecule has 0 aliphatic carbocycles. The summed E-state index contributed by atoms with van der Waals surface area (Å²) in [4.78, 5) is 2.68. The van der Waals surface area contributed by atoms with Crippen LogP contribution < -0.4 is 10.3 Å². The van der Waals surface area contributed by atoms with Crippen molar-refractivity contribution >= 4 is 10.0 Å². The molecule has 1 rings (SSSR count). The molecule has 0 saturated heterocycles. The van der Waals surface area contributed by atoms with Gasteiger partial charge in [-0.3, -0.25) is 0 Å². The molecule has 0 unspecified atom stereocenters. The van der Waals surface area contributed by atoms with Gasteiger partial charge >= 0.3 is 0 Å². The Morgan fingerprint density at radius 2 is 1.84 bits per heavy atom. The molecule has 0 saturated carbocycles. The first-order valence-corrected chi connectivity index (χ1v) is 8.01. The molecule has 0 bridgehead atoms. The van der Waals surface area contributed by atoms with Crippen LogP contribution in [0.2, 0.25) is 0 Å². The molecule has 0 heterocycles. The van der Waals surface area contributed by atoms with Gasteiger partial charge in [0, 0.05) is 5.70 Å². The van der Waals surface area contributed by atoms with E-state index in [1.54, 1.807) is 24.3 Å². The summed E-state index contributed by atoms with van der Waals surface area (Å²) >= 11 is 0. The van der Waals surface area contributed by atoms with E-state index in [0.29, 0.717) is 0 Å². The van der Waals surface area contributed by atoms with Crippen molar-refractivity contribution in [1.82, 2.24) is 10.3 Å². The highest BCUT2D eigenvalue weighted by atomic mass is 32.2. The average Bonchev–Trinajstić information content (AvgIpc) is 2.37. The van der Waals surface area contributed by atoms with E-state index in [1.807, 2.05) is 19.9 Å². The molecular formula is C14H22N2O2S. The van der Waals surface area contributed by atoms with E-state index in [1.165, 1.54) is 0 Å². The molecule has 1 aromatic carbocycles. The van der Waals surface area contributed by atoms with Crippen LogP contribution in [0, 0.1) is 6.92 Å². The maximum absolute atomic E-state index is 12.1. The second kappa shape index (κ2) is 7.31. The van der Waals surface area contributed by atoms with Crippen molar-refractivity contribution < 1.29 is 8.42 Å². The fourth-order valence-electron chi connectivity index (χ4n) is 1.64. The maximum Gasteiger partial charge on any atom is 0.257 e. The molecule has 0 aromatic heterocycles. The SMILES string of the molecule is CC/C=C(\CCC)NNS(=O)(=O)c1ccc(C)cc1. The van der Waals surface area contributed by atoms with Crippen LogP contribution in [0.3, 0.4) is 0 Å². The van der Waals surface area contributed by atoms with Crippen LogP contribution in [0.4, 0.5) is 0 Å². The molecule has 5 heteroatoms. The number of hydrogen-bond donors (Lipinski definition) is 2. The predicted octanol–water partition coefficient (Wildman–Crippen LogP) is 2.87. The summed E-state index contributed by atoms with van der Waals surface area (Å²) in [6.07, 6.45) is 4.64. The first kappa shape index (κ1) is 15.7. The van der Waals surface area contributed by atoms with Gasteiger partial charge in [0.1, 0.15) is 0 Å². The van der Waals surface area contributed by atoms with Crippen LogP contribution in [-0.4, -0.2) is 8.42 Å². The summed E-state index contributed by atoms with van der Waals surface area (Å²) in [5, 5.41) is 0. The highest BCUT2D eigenvalue weighted by Gasteiger charge is 2.13. The normalized spacial score (nSPS) is 12.5. The van der Waals surface area contributed by atoms with E-state index in [-0.39, 0.29) is 4.90 Å². The zero-order chi connectivity index (χ0) is 14.3. The third-order valence-electron chi connectivity index (χ3n) is 2.65. The first-order valence-electron chi connectivity index (χ1n) is 6.53. The minimum atomic E-state index is -3.51. The van der Waals surface area contributed by atoms with Gasteiger partial charge in [-0.1, -0.05) is 44.0 Å². The van der Waals surface area contributed by atoms with Crippen molar-refractivity contribution in [3.8, 4) is 0 Å². The van der Waals surface area contributed by atoms with Crippen molar-refractivity contribution in [3.63, 3.8) is 0 Å². The van der Waals surface area contributed by atoms with Crippen molar-refractivity contribution in [3.05, 3.63) is 41.6 Å². The molecule has 0 amide bonds. The topological polar surface area (TPSA) is 58.2 Å². The molecule has 0 aliphatic rings. The molecule has 2 N–H and O–H groups in total. The van der Waals surface area contributed by atoms with E-state index in [4.69, 9.17) is 0 Å². The lowest BCUT2D eigenvalue weighted by Crippen LogP contribution is -2.36. The number of aryl methyl sites for hydroxylation is 1. The predicted molar refractivity (Wildman–Crippen MR) is 77.9 cm³/mol. The molecule has 1 aromatic rings. The van der Waals surface area contributed by atoms with Gasteiger partial charge in [-0.25, -0.2) is 8.42 Å². The summed E-state index contributed by atoms with van der Waals surface area (Å²) in [5.74, 6) is 0. The standard InChI is InChI=1S/C14H22N2O2S/c1-4-6-13(7-5-2)15-16-19(17,18)14-10-8-12(3)9-11-14/h6,8-11,15-16H,4-5,7H2,1-3H3/b13-6+. The summed E-state index contributed by atoms with van der Waals surface area (Å²) in [7, 11) is -3.51. The number of nitrogens with one attached hydrogen (secondary N) is 2. The fourth-order valence-corrected chi connectivity index (χ4v) is 2.52.